The molecule has 0 spiro atoms. The molecule has 1 saturated heterocycles. The largest absolute Gasteiger partial charge is 0.497 e. The fraction of sp³-hybridized carbons (Fsp3) is 0.474. The van der Waals surface area contributed by atoms with Gasteiger partial charge in [-0.3, -0.25) is 14.4 Å². The van der Waals surface area contributed by atoms with E-state index < -0.39 is 0 Å². The number of ether oxygens (including phenoxy) is 1. The van der Waals surface area contributed by atoms with Crippen molar-refractivity contribution < 1.29 is 9.53 Å². The van der Waals surface area contributed by atoms with Crippen molar-refractivity contribution in [3.8, 4) is 5.75 Å². The number of carbonyl (C=O) groups is 1. The normalized spacial score (nSPS) is 19.1. The zero-order valence-electron chi connectivity index (χ0n) is 15.1. The number of nitrogens with one attached hydrogen (secondary N) is 1. The van der Waals surface area contributed by atoms with Gasteiger partial charge in [0.15, 0.2) is 5.82 Å². The lowest BCUT2D eigenvalue weighted by atomic mass is 10.0. The number of hydrogen-bond acceptors (Lipinski definition) is 4. The first-order valence-electron chi connectivity index (χ1n) is 8.77. The van der Waals surface area contributed by atoms with E-state index in [0.717, 1.165) is 37.4 Å². The summed E-state index contributed by atoms with van der Waals surface area (Å²) in [4.78, 5) is 14.6. The van der Waals surface area contributed by atoms with Crippen molar-refractivity contribution in [2.75, 3.05) is 18.6 Å². The van der Waals surface area contributed by atoms with Crippen molar-refractivity contribution >= 4 is 11.7 Å². The van der Waals surface area contributed by atoms with Crippen LogP contribution < -0.4 is 15.0 Å². The Morgan fingerprint density at radius 2 is 2.08 bits per heavy atom. The van der Waals surface area contributed by atoms with Gasteiger partial charge in [0.05, 0.1) is 13.2 Å². The quantitative estimate of drug-likeness (QED) is 0.874. The molecule has 1 N–H and O–H groups in total. The van der Waals surface area contributed by atoms with Gasteiger partial charge in [-0.05, 0) is 43.9 Å². The predicted octanol–water partition coefficient (Wildman–Crippen LogP) is 2.14. The third kappa shape index (κ3) is 4.20. The third-order valence-corrected chi connectivity index (χ3v) is 4.60. The number of benzene rings is 1. The number of aryl methyl sites for hydroxylation is 1. The zero-order valence-corrected chi connectivity index (χ0v) is 15.1. The second-order valence-electron chi connectivity index (χ2n) is 6.65. The highest BCUT2D eigenvalue weighted by Crippen LogP contribution is 2.20. The Labute approximate surface area is 148 Å². The molecule has 1 aliphatic heterocycles. The molecule has 3 rings (SSSR count). The first-order chi connectivity index (χ1) is 12.1. The van der Waals surface area contributed by atoms with Crippen LogP contribution in [0.4, 0.5) is 5.82 Å². The fourth-order valence-electron chi connectivity index (χ4n) is 3.32. The Morgan fingerprint density at radius 3 is 2.72 bits per heavy atom. The molecule has 1 aromatic heterocycles. The van der Waals surface area contributed by atoms with E-state index >= 15 is 0 Å². The van der Waals surface area contributed by atoms with Gasteiger partial charge in [-0.15, -0.1) is 0 Å². The standard InChI is InChI=1S/C19H26N4O2/c1-14(13-15-6-8-16(25-3)9-7-15)20-17-5-4-11-23(19(17)24)18-10-12-22(2)21-18/h6-10,12,14,17,20H,4-5,11,13H2,1-3H3/t14-,17-/m1/s1. The monoisotopic (exact) mass is 342 g/mol. The molecule has 2 heterocycles. The molecule has 1 amide bonds. The molecule has 0 bridgehead atoms. The summed E-state index contributed by atoms with van der Waals surface area (Å²) in [6, 6.07) is 10.0. The molecular formula is C19H26N4O2. The number of aromatic nitrogens is 2. The Hall–Kier alpha value is -2.34. The average molecular weight is 342 g/mol. The van der Waals surface area contributed by atoms with Crippen molar-refractivity contribution in [2.24, 2.45) is 7.05 Å². The third-order valence-electron chi connectivity index (χ3n) is 4.60. The Balaban J connectivity index is 1.59. The number of piperidine rings is 1. The van der Waals surface area contributed by atoms with Gasteiger partial charge in [-0.1, -0.05) is 12.1 Å². The van der Waals surface area contributed by atoms with Crippen molar-refractivity contribution in [3.05, 3.63) is 42.1 Å². The topological polar surface area (TPSA) is 59.4 Å². The molecule has 2 aromatic rings. The lowest BCUT2D eigenvalue weighted by Gasteiger charge is -2.33. The SMILES string of the molecule is COc1ccc(C[C@@H](C)N[C@@H]2CCCN(c3ccn(C)n3)C2=O)cc1. The van der Waals surface area contributed by atoms with E-state index in [0.29, 0.717) is 0 Å². The van der Waals surface area contributed by atoms with Crippen LogP contribution in [0.3, 0.4) is 0 Å². The first-order valence-corrected chi connectivity index (χ1v) is 8.77. The first kappa shape index (κ1) is 17.5. The van der Waals surface area contributed by atoms with E-state index in [4.69, 9.17) is 4.74 Å². The summed E-state index contributed by atoms with van der Waals surface area (Å²) in [6.07, 6.45) is 4.59. The van der Waals surface area contributed by atoms with Gasteiger partial charge in [0.25, 0.3) is 0 Å². The van der Waals surface area contributed by atoms with E-state index in [1.54, 1.807) is 16.7 Å². The molecular weight excluding hydrogens is 316 g/mol. The van der Waals surface area contributed by atoms with E-state index in [9.17, 15) is 4.79 Å². The summed E-state index contributed by atoms with van der Waals surface area (Å²) in [5.41, 5.74) is 1.23. The lowest BCUT2D eigenvalue weighted by Crippen LogP contribution is -2.53. The summed E-state index contributed by atoms with van der Waals surface area (Å²) in [5.74, 6) is 1.71. The number of rotatable bonds is 6. The van der Waals surface area contributed by atoms with Crippen LogP contribution in [-0.2, 0) is 18.3 Å². The molecule has 6 nitrogen and oxygen atoms in total. The van der Waals surface area contributed by atoms with Crippen LogP contribution in [0, 0.1) is 0 Å². The van der Waals surface area contributed by atoms with Gasteiger partial charge >= 0.3 is 0 Å². The van der Waals surface area contributed by atoms with Gasteiger partial charge in [0.1, 0.15) is 5.75 Å². The highest BCUT2D eigenvalue weighted by molar-refractivity contribution is 5.97. The summed E-state index contributed by atoms with van der Waals surface area (Å²) in [7, 11) is 3.53. The van der Waals surface area contributed by atoms with E-state index in [1.165, 1.54) is 5.56 Å². The van der Waals surface area contributed by atoms with Crippen LogP contribution in [0.25, 0.3) is 0 Å². The second-order valence-corrected chi connectivity index (χ2v) is 6.65. The lowest BCUT2D eigenvalue weighted by molar-refractivity contribution is -0.122. The minimum absolute atomic E-state index is 0.117. The van der Waals surface area contributed by atoms with Crippen LogP contribution in [0.1, 0.15) is 25.3 Å². The van der Waals surface area contributed by atoms with Crippen molar-refractivity contribution in [2.45, 2.75) is 38.3 Å². The number of carbonyl (C=O) groups excluding carboxylic acids is 1. The molecule has 6 heteroatoms. The maximum absolute atomic E-state index is 12.8. The van der Waals surface area contributed by atoms with Crippen LogP contribution >= 0.6 is 0 Å². The van der Waals surface area contributed by atoms with Crippen LogP contribution in [0.15, 0.2) is 36.5 Å². The maximum Gasteiger partial charge on any atom is 0.245 e. The maximum atomic E-state index is 12.8. The molecule has 134 valence electrons. The van der Waals surface area contributed by atoms with Crippen LogP contribution in [0.2, 0.25) is 0 Å². The van der Waals surface area contributed by atoms with Crippen molar-refractivity contribution in [1.29, 1.82) is 0 Å². The molecule has 0 saturated carbocycles. The zero-order chi connectivity index (χ0) is 17.8. The number of nitrogens with zero attached hydrogens (tertiary/aromatic N) is 3. The van der Waals surface area contributed by atoms with Crippen LogP contribution in [-0.4, -0.2) is 41.4 Å². The van der Waals surface area contributed by atoms with Crippen molar-refractivity contribution in [1.82, 2.24) is 15.1 Å². The summed E-state index contributed by atoms with van der Waals surface area (Å²) in [6.45, 7) is 2.86. The Kier molecular flexibility index (Phi) is 5.38. The summed E-state index contributed by atoms with van der Waals surface area (Å²) < 4.78 is 6.92. The van der Waals surface area contributed by atoms with Gasteiger partial charge in [-0.25, -0.2) is 0 Å². The Bertz CT molecular complexity index is 710. The predicted molar refractivity (Wildman–Crippen MR) is 97.9 cm³/mol. The fourth-order valence-corrected chi connectivity index (χ4v) is 3.32. The molecule has 0 radical (unpaired) electrons. The second kappa shape index (κ2) is 7.70. The molecule has 1 aliphatic rings. The highest BCUT2D eigenvalue weighted by Gasteiger charge is 2.31. The van der Waals surface area contributed by atoms with Gasteiger partial charge < -0.3 is 10.1 Å². The Morgan fingerprint density at radius 1 is 1.32 bits per heavy atom. The molecule has 2 atom stereocenters. The molecule has 1 aromatic carbocycles. The highest BCUT2D eigenvalue weighted by atomic mass is 16.5. The smallest absolute Gasteiger partial charge is 0.245 e. The number of amides is 1. The summed E-state index contributed by atoms with van der Waals surface area (Å²) >= 11 is 0. The number of hydrogen-bond donors (Lipinski definition) is 1. The van der Waals surface area contributed by atoms with Gasteiger partial charge in [-0.2, -0.15) is 5.10 Å². The van der Waals surface area contributed by atoms with Crippen molar-refractivity contribution in [3.63, 3.8) is 0 Å². The number of anilines is 1. The molecule has 0 unspecified atom stereocenters. The molecule has 1 fully saturated rings. The van der Waals surface area contributed by atoms with E-state index in [1.807, 2.05) is 31.4 Å². The summed E-state index contributed by atoms with van der Waals surface area (Å²) in [5, 5.41) is 7.86. The average Bonchev–Trinajstić information content (AvgIpc) is 3.03. The molecule has 0 aliphatic carbocycles. The minimum atomic E-state index is -0.149. The number of methoxy groups -OCH3 is 1. The van der Waals surface area contributed by atoms with Crippen LogP contribution in [0.5, 0.6) is 5.75 Å². The van der Waals surface area contributed by atoms with Gasteiger partial charge in [0.2, 0.25) is 5.91 Å². The minimum Gasteiger partial charge on any atom is -0.497 e. The van der Waals surface area contributed by atoms with E-state index in [-0.39, 0.29) is 18.0 Å². The molecule has 25 heavy (non-hydrogen) atoms. The van der Waals surface area contributed by atoms with E-state index in [2.05, 4.69) is 29.5 Å². The van der Waals surface area contributed by atoms with Gasteiger partial charge in [0, 0.05) is 31.9 Å².